The molecule has 3 nitrogen and oxygen atoms in total. The van der Waals surface area contributed by atoms with Crippen molar-refractivity contribution in [1.29, 1.82) is 0 Å². The van der Waals surface area contributed by atoms with Crippen LogP contribution in [0, 0.1) is 0 Å². The van der Waals surface area contributed by atoms with E-state index in [2.05, 4.69) is 15.9 Å². The van der Waals surface area contributed by atoms with Crippen molar-refractivity contribution < 1.29 is 0 Å². The van der Waals surface area contributed by atoms with Crippen LogP contribution in [0.5, 0.6) is 0 Å². The molecule has 0 aliphatic rings. The number of nitrogens with two attached hydrogens (primary N) is 1. The molecule has 4 heteroatoms. The van der Waals surface area contributed by atoms with E-state index < -0.39 is 0 Å². The number of hydrogen-bond donors (Lipinski definition) is 1. The Kier molecular flexibility index (Phi) is 2.60. The molecule has 0 saturated heterocycles. The summed E-state index contributed by atoms with van der Waals surface area (Å²) in [5, 5.41) is 0. The average molecular weight is 265 g/mol. The Balaban J connectivity index is 2.60. The molecule has 0 fully saturated rings. The molecule has 15 heavy (non-hydrogen) atoms. The van der Waals surface area contributed by atoms with Crippen molar-refractivity contribution >= 4 is 21.6 Å². The van der Waals surface area contributed by atoms with Crippen LogP contribution in [0.3, 0.4) is 0 Å². The normalized spacial score (nSPS) is 10.2. The fourth-order valence-corrected chi connectivity index (χ4v) is 1.67. The van der Waals surface area contributed by atoms with E-state index in [1.54, 1.807) is 22.9 Å². The smallest absolute Gasteiger partial charge is 0.255 e. The van der Waals surface area contributed by atoms with Gasteiger partial charge in [-0.25, -0.2) is 0 Å². The first-order chi connectivity index (χ1) is 7.18. The Morgan fingerprint density at radius 1 is 1.20 bits per heavy atom. The number of benzene rings is 1. The van der Waals surface area contributed by atoms with E-state index in [1.807, 2.05) is 18.2 Å². The fraction of sp³-hybridized carbons (Fsp3) is 0. The van der Waals surface area contributed by atoms with E-state index in [0.717, 1.165) is 10.2 Å². The van der Waals surface area contributed by atoms with Crippen LogP contribution in [0.4, 0.5) is 5.69 Å². The number of anilines is 1. The molecule has 0 saturated carbocycles. The molecule has 0 amide bonds. The maximum absolute atomic E-state index is 11.5. The zero-order valence-electron chi connectivity index (χ0n) is 7.85. The highest BCUT2D eigenvalue weighted by Crippen LogP contribution is 2.21. The maximum Gasteiger partial charge on any atom is 0.255 e. The topological polar surface area (TPSA) is 48.0 Å². The summed E-state index contributed by atoms with van der Waals surface area (Å²) in [4.78, 5) is 11.5. The van der Waals surface area contributed by atoms with Crippen LogP contribution < -0.4 is 11.3 Å². The van der Waals surface area contributed by atoms with E-state index in [1.165, 1.54) is 6.07 Å². The molecule has 76 valence electrons. The lowest BCUT2D eigenvalue weighted by atomic mass is 10.3. The molecular formula is C11H9BrN2O. The largest absolute Gasteiger partial charge is 0.398 e. The van der Waals surface area contributed by atoms with Crippen molar-refractivity contribution in [3.8, 4) is 5.69 Å². The van der Waals surface area contributed by atoms with Gasteiger partial charge in [0.1, 0.15) is 0 Å². The molecule has 2 aromatic rings. The van der Waals surface area contributed by atoms with Gasteiger partial charge in [-0.15, -0.1) is 0 Å². The minimum absolute atomic E-state index is 0.0610. The first-order valence-corrected chi connectivity index (χ1v) is 5.21. The van der Waals surface area contributed by atoms with Crippen LogP contribution in [0.15, 0.2) is 51.9 Å². The van der Waals surface area contributed by atoms with Gasteiger partial charge in [-0.1, -0.05) is 6.07 Å². The number of nitrogen functional groups attached to an aromatic ring is 1. The van der Waals surface area contributed by atoms with Crippen LogP contribution >= 0.6 is 15.9 Å². The summed E-state index contributed by atoms with van der Waals surface area (Å²) in [5.41, 5.74) is 7.06. The summed E-state index contributed by atoms with van der Waals surface area (Å²) in [6.07, 6.45) is 1.72. The summed E-state index contributed by atoms with van der Waals surface area (Å²) in [6.45, 7) is 0. The number of halogens is 1. The van der Waals surface area contributed by atoms with Crippen molar-refractivity contribution in [2.24, 2.45) is 0 Å². The highest BCUT2D eigenvalue weighted by Gasteiger charge is 2.00. The molecule has 1 aromatic heterocycles. The Morgan fingerprint density at radius 3 is 2.67 bits per heavy atom. The van der Waals surface area contributed by atoms with Gasteiger partial charge in [0.05, 0.1) is 0 Å². The maximum atomic E-state index is 11.5. The minimum atomic E-state index is -0.0610. The number of rotatable bonds is 1. The predicted molar refractivity (Wildman–Crippen MR) is 64.2 cm³/mol. The van der Waals surface area contributed by atoms with Gasteiger partial charge in [0.25, 0.3) is 5.56 Å². The molecule has 0 unspecified atom stereocenters. The number of hydrogen-bond acceptors (Lipinski definition) is 2. The Labute approximate surface area is 95.3 Å². The van der Waals surface area contributed by atoms with Crippen LogP contribution in [0.2, 0.25) is 0 Å². The molecule has 0 radical (unpaired) electrons. The highest BCUT2D eigenvalue weighted by atomic mass is 79.9. The lowest BCUT2D eigenvalue weighted by molar-refractivity contribution is 0.990. The van der Waals surface area contributed by atoms with Gasteiger partial charge in [0, 0.05) is 28.1 Å². The second-order valence-electron chi connectivity index (χ2n) is 3.11. The molecule has 0 aliphatic carbocycles. The van der Waals surface area contributed by atoms with Gasteiger partial charge in [-0.05, 0) is 40.2 Å². The van der Waals surface area contributed by atoms with Crippen molar-refractivity contribution in [2.75, 3.05) is 5.73 Å². The van der Waals surface area contributed by atoms with Gasteiger partial charge < -0.3 is 5.73 Å². The van der Waals surface area contributed by atoms with Crippen molar-refractivity contribution in [1.82, 2.24) is 4.57 Å². The van der Waals surface area contributed by atoms with Gasteiger partial charge in [-0.3, -0.25) is 9.36 Å². The Hall–Kier alpha value is -1.55. The molecule has 2 N–H and O–H groups in total. The number of nitrogens with zero attached hydrogens (tertiary/aromatic N) is 1. The van der Waals surface area contributed by atoms with Crippen molar-refractivity contribution in [2.45, 2.75) is 0 Å². The van der Waals surface area contributed by atoms with Gasteiger partial charge in [-0.2, -0.15) is 0 Å². The first-order valence-electron chi connectivity index (χ1n) is 4.41. The van der Waals surface area contributed by atoms with Crippen LogP contribution in [-0.4, -0.2) is 4.57 Å². The summed E-state index contributed by atoms with van der Waals surface area (Å²) in [7, 11) is 0. The van der Waals surface area contributed by atoms with E-state index >= 15 is 0 Å². The SMILES string of the molecule is Nc1ccc(-n2ccccc2=O)cc1Br. The third-order valence-electron chi connectivity index (χ3n) is 2.08. The van der Waals surface area contributed by atoms with Crippen LogP contribution in [0.25, 0.3) is 5.69 Å². The van der Waals surface area contributed by atoms with Crippen molar-refractivity contribution in [3.63, 3.8) is 0 Å². The predicted octanol–water partition coefficient (Wildman–Crippen LogP) is 2.18. The molecule has 0 aliphatic heterocycles. The molecule has 0 atom stereocenters. The van der Waals surface area contributed by atoms with E-state index in [0.29, 0.717) is 5.69 Å². The molecule has 2 rings (SSSR count). The molecular weight excluding hydrogens is 256 g/mol. The minimum Gasteiger partial charge on any atom is -0.398 e. The van der Waals surface area contributed by atoms with Crippen LogP contribution in [0.1, 0.15) is 0 Å². The lowest BCUT2D eigenvalue weighted by Gasteiger charge is -2.06. The summed E-state index contributed by atoms with van der Waals surface area (Å²) >= 11 is 3.33. The second kappa shape index (κ2) is 3.90. The van der Waals surface area contributed by atoms with Gasteiger partial charge >= 0.3 is 0 Å². The quantitative estimate of drug-likeness (QED) is 0.803. The molecule has 1 heterocycles. The Bertz CT molecular complexity index is 548. The molecule has 0 spiro atoms. The van der Waals surface area contributed by atoms with E-state index in [4.69, 9.17) is 5.73 Å². The zero-order chi connectivity index (χ0) is 10.8. The summed E-state index contributed by atoms with van der Waals surface area (Å²) in [6, 6.07) is 10.4. The standard InChI is InChI=1S/C11H9BrN2O/c12-9-7-8(4-5-10(9)13)14-6-2-1-3-11(14)15/h1-7H,13H2. The van der Waals surface area contributed by atoms with Gasteiger partial charge in [0.15, 0.2) is 0 Å². The third-order valence-corrected chi connectivity index (χ3v) is 2.77. The summed E-state index contributed by atoms with van der Waals surface area (Å²) < 4.78 is 2.35. The third kappa shape index (κ3) is 1.94. The van der Waals surface area contributed by atoms with Crippen LogP contribution in [-0.2, 0) is 0 Å². The average Bonchev–Trinajstić information content (AvgIpc) is 2.23. The second-order valence-corrected chi connectivity index (χ2v) is 3.97. The Morgan fingerprint density at radius 2 is 2.00 bits per heavy atom. The highest BCUT2D eigenvalue weighted by molar-refractivity contribution is 9.10. The lowest BCUT2D eigenvalue weighted by Crippen LogP contribution is -2.15. The number of aromatic nitrogens is 1. The number of pyridine rings is 1. The van der Waals surface area contributed by atoms with E-state index in [-0.39, 0.29) is 5.56 Å². The molecule has 1 aromatic carbocycles. The summed E-state index contributed by atoms with van der Waals surface area (Å²) in [5.74, 6) is 0. The monoisotopic (exact) mass is 264 g/mol. The van der Waals surface area contributed by atoms with Crippen molar-refractivity contribution in [3.05, 3.63) is 57.4 Å². The molecule has 0 bridgehead atoms. The zero-order valence-corrected chi connectivity index (χ0v) is 9.44. The van der Waals surface area contributed by atoms with Gasteiger partial charge in [0.2, 0.25) is 0 Å². The first kappa shape index (κ1) is 9.98. The fourth-order valence-electron chi connectivity index (χ4n) is 1.31. The van der Waals surface area contributed by atoms with E-state index in [9.17, 15) is 4.79 Å².